The average molecular weight is 338 g/mol. The third-order valence-corrected chi connectivity index (χ3v) is 6.44. The van der Waals surface area contributed by atoms with Gasteiger partial charge in [0.1, 0.15) is 5.75 Å². The van der Waals surface area contributed by atoms with Gasteiger partial charge in [-0.1, -0.05) is 36.8 Å². The second-order valence-corrected chi connectivity index (χ2v) is 8.67. The van der Waals surface area contributed by atoms with Crippen molar-refractivity contribution in [2.45, 2.75) is 31.7 Å². The third kappa shape index (κ3) is 4.54. The van der Waals surface area contributed by atoms with Gasteiger partial charge in [0.05, 0.1) is 0 Å². The number of nitrogens with zero attached hydrogens (tertiary/aromatic N) is 2. The first-order chi connectivity index (χ1) is 10.8. The van der Waals surface area contributed by atoms with Crippen LogP contribution in [0, 0.1) is 5.92 Å². The van der Waals surface area contributed by atoms with Gasteiger partial charge in [-0.05, 0) is 30.7 Å². The summed E-state index contributed by atoms with van der Waals surface area (Å²) in [6, 6.07) is 10.4. The summed E-state index contributed by atoms with van der Waals surface area (Å²) in [5.74, 6) is -0.373. The number of carbonyl (C=O) groups excluding carboxylic acids is 1. The number of rotatable bonds is 6. The lowest BCUT2D eigenvalue weighted by Crippen LogP contribution is -2.44. The largest absolute Gasteiger partial charge is 0.342 e. The Morgan fingerprint density at radius 1 is 1.13 bits per heavy atom. The zero-order valence-electron chi connectivity index (χ0n) is 14.1. The van der Waals surface area contributed by atoms with Gasteiger partial charge in [-0.25, -0.2) is 12.7 Å². The van der Waals surface area contributed by atoms with Crippen molar-refractivity contribution >= 4 is 15.9 Å². The first-order valence-electron chi connectivity index (χ1n) is 8.01. The van der Waals surface area contributed by atoms with Crippen molar-refractivity contribution in [3.05, 3.63) is 35.9 Å². The maximum absolute atomic E-state index is 12.4. The van der Waals surface area contributed by atoms with Gasteiger partial charge in [-0.2, -0.15) is 0 Å². The summed E-state index contributed by atoms with van der Waals surface area (Å²) in [5.41, 5.74) is 1.27. The molecule has 1 aliphatic rings. The molecule has 1 fully saturated rings. The van der Waals surface area contributed by atoms with Crippen molar-refractivity contribution in [3.63, 3.8) is 0 Å². The topological polar surface area (TPSA) is 57.7 Å². The fourth-order valence-corrected chi connectivity index (χ4v) is 4.03. The Balaban J connectivity index is 2.02. The van der Waals surface area contributed by atoms with E-state index in [-0.39, 0.29) is 11.9 Å². The number of hydrogen-bond acceptors (Lipinski definition) is 3. The predicted molar refractivity (Wildman–Crippen MR) is 91.5 cm³/mol. The van der Waals surface area contributed by atoms with E-state index in [0.717, 1.165) is 30.0 Å². The van der Waals surface area contributed by atoms with Crippen molar-refractivity contribution in [2.24, 2.45) is 5.92 Å². The summed E-state index contributed by atoms with van der Waals surface area (Å²) in [6.07, 6.45) is 4.04. The lowest BCUT2D eigenvalue weighted by Gasteiger charge is -2.30. The standard InChI is InChI=1S/C17H26N2O3S/c1-18(2)23(21,22)13-17(20)19(3)16-11-7-10-15(16)12-14-8-5-4-6-9-14/h4-6,8-9,15-16H,7,10-13H2,1-3H3/t15-,16-/m1/s1. The summed E-state index contributed by atoms with van der Waals surface area (Å²) in [7, 11) is 1.14. The van der Waals surface area contributed by atoms with Crippen LogP contribution in [-0.2, 0) is 21.2 Å². The van der Waals surface area contributed by atoms with E-state index >= 15 is 0 Å². The van der Waals surface area contributed by atoms with Crippen LogP contribution in [0.1, 0.15) is 24.8 Å². The molecule has 0 radical (unpaired) electrons. The molecule has 1 aliphatic carbocycles. The molecule has 128 valence electrons. The second kappa shape index (κ2) is 7.45. The minimum Gasteiger partial charge on any atom is -0.342 e. The van der Waals surface area contributed by atoms with Gasteiger partial charge in [0.25, 0.3) is 0 Å². The van der Waals surface area contributed by atoms with E-state index in [1.54, 1.807) is 11.9 Å². The van der Waals surface area contributed by atoms with Crippen LogP contribution in [-0.4, -0.2) is 56.5 Å². The van der Waals surface area contributed by atoms with Gasteiger partial charge in [0, 0.05) is 27.2 Å². The number of hydrogen-bond donors (Lipinski definition) is 0. The Kier molecular flexibility index (Phi) is 5.81. The van der Waals surface area contributed by atoms with E-state index in [4.69, 9.17) is 0 Å². The van der Waals surface area contributed by atoms with Gasteiger partial charge in [0.2, 0.25) is 15.9 Å². The van der Waals surface area contributed by atoms with E-state index in [1.807, 2.05) is 18.2 Å². The van der Waals surface area contributed by atoms with Gasteiger partial charge in [-0.15, -0.1) is 0 Å². The number of carbonyl (C=O) groups is 1. The smallest absolute Gasteiger partial charge is 0.239 e. The van der Waals surface area contributed by atoms with E-state index in [2.05, 4.69) is 12.1 Å². The Bertz CT molecular complexity index is 628. The predicted octanol–water partition coefficient (Wildman–Crippen LogP) is 1.75. The third-order valence-electron chi connectivity index (χ3n) is 4.71. The molecule has 2 atom stereocenters. The summed E-state index contributed by atoms with van der Waals surface area (Å²) in [5, 5.41) is 0. The van der Waals surface area contributed by atoms with Crippen LogP contribution in [0.3, 0.4) is 0 Å². The zero-order chi connectivity index (χ0) is 17.0. The summed E-state index contributed by atoms with van der Waals surface area (Å²) >= 11 is 0. The van der Waals surface area contributed by atoms with Gasteiger partial charge < -0.3 is 4.90 Å². The monoisotopic (exact) mass is 338 g/mol. The summed E-state index contributed by atoms with van der Waals surface area (Å²) < 4.78 is 24.9. The first-order valence-corrected chi connectivity index (χ1v) is 9.62. The average Bonchev–Trinajstić information content (AvgIpc) is 2.95. The van der Waals surface area contributed by atoms with Crippen LogP contribution in [0.25, 0.3) is 0 Å². The number of sulfonamides is 1. The zero-order valence-corrected chi connectivity index (χ0v) is 14.9. The van der Waals surface area contributed by atoms with Crippen LogP contribution >= 0.6 is 0 Å². The molecule has 0 unspecified atom stereocenters. The molecule has 0 spiro atoms. The molecule has 0 aliphatic heterocycles. The lowest BCUT2D eigenvalue weighted by molar-refractivity contribution is -0.129. The normalized spacial score (nSPS) is 21.6. The molecule has 2 rings (SSSR count). The maximum atomic E-state index is 12.4. The number of benzene rings is 1. The highest BCUT2D eigenvalue weighted by Gasteiger charge is 2.34. The SMILES string of the molecule is CN(C(=O)CS(=O)(=O)N(C)C)[C@@H]1CCC[C@@H]1Cc1ccccc1. The number of amides is 1. The molecule has 6 heteroatoms. The lowest BCUT2D eigenvalue weighted by atomic mass is 9.94. The highest BCUT2D eigenvalue weighted by Crippen LogP contribution is 2.32. The minimum absolute atomic E-state index is 0.125. The second-order valence-electron chi connectivity index (χ2n) is 6.49. The Morgan fingerprint density at radius 2 is 1.78 bits per heavy atom. The Labute approximate surface area is 139 Å². The molecular weight excluding hydrogens is 312 g/mol. The Hall–Kier alpha value is -1.40. The molecule has 1 aromatic carbocycles. The summed E-state index contributed by atoms with van der Waals surface area (Å²) in [4.78, 5) is 14.0. The molecular formula is C17H26N2O3S. The molecule has 1 aromatic rings. The quantitative estimate of drug-likeness (QED) is 0.794. The van der Waals surface area contributed by atoms with E-state index in [1.165, 1.54) is 19.7 Å². The molecule has 23 heavy (non-hydrogen) atoms. The minimum atomic E-state index is -3.51. The Morgan fingerprint density at radius 3 is 2.39 bits per heavy atom. The summed E-state index contributed by atoms with van der Waals surface area (Å²) in [6.45, 7) is 0. The van der Waals surface area contributed by atoms with Crippen molar-refractivity contribution in [2.75, 3.05) is 26.9 Å². The molecule has 1 amide bonds. The molecule has 0 heterocycles. The van der Waals surface area contributed by atoms with Crippen LogP contribution in [0.5, 0.6) is 0 Å². The maximum Gasteiger partial charge on any atom is 0.239 e. The van der Waals surface area contributed by atoms with E-state index in [0.29, 0.717) is 5.92 Å². The van der Waals surface area contributed by atoms with Gasteiger partial charge in [-0.3, -0.25) is 4.79 Å². The van der Waals surface area contributed by atoms with Crippen molar-refractivity contribution in [1.29, 1.82) is 0 Å². The van der Waals surface area contributed by atoms with Crippen LogP contribution in [0.4, 0.5) is 0 Å². The van der Waals surface area contributed by atoms with Crippen molar-refractivity contribution < 1.29 is 13.2 Å². The fraction of sp³-hybridized carbons (Fsp3) is 0.588. The van der Waals surface area contributed by atoms with Gasteiger partial charge in [0.15, 0.2) is 0 Å². The molecule has 0 bridgehead atoms. The van der Waals surface area contributed by atoms with Crippen molar-refractivity contribution in [1.82, 2.24) is 9.21 Å². The van der Waals surface area contributed by atoms with Crippen LogP contribution in [0.15, 0.2) is 30.3 Å². The molecule has 0 N–H and O–H groups in total. The fourth-order valence-electron chi connectivity index (χ4n) is 3.25. The van der Waals surface area contributed by atoms with Crippen molar-refractivity contribution in [3.8, 4) is 0 Å². The van der Waals surface area contributed by atoms with E-state index in [9.17, 15) is 13.2 Å². The molecule has 5 nitrogen and oxygen atoms in total. The van der Waals surface area contributed by atoms with Crippen LogP contribution in [0.2, 0.25) is 0 Å². The van der Waals surface area contributed by atoms with Crippen LogP contribution < -0.4 is 0 Å². The molecule has 0 saturated heterocycles. The highest BCUT2D eigenvalue weighted by molar-refractivity contribution is 7.89. The molecule has 0 aromatic heterocycles. The van der Waals surface area contributed by atoms with Gasteiger partial charge >= 0.3 is 0 Å². The first kappa shape index (κ1) is 17.9. The molecule has 1 saturated carbocycles. The highest BCUT2D eigenvalue weighted by atomic mass is 32.2. The van der Waals surface area contributed by atoms with E-state index < -0.39 is 15.8 Å².